The molecule has 1 aliphatic heterocycles. The number of nitrogens with one attached hydrogen (secondary N) is 1. The molecule has 5 rings (SSSR count). The van der Waals surface area contributed by atoms with E-state index in [1.807, 2.05) is 24.4 Å². The van der Waals surface area contributed by atoms with E-state index < -0.39 is 0 Å². The molecule has 1 N–H and O–H groups in total. The molecule has 3 aromatic heterocycles. The quantitative estimate of drug-likeness (QED) is 0.467. The van der Waals surface area contributed by atoms with Crippen LogP contribution in [0.1, 0.15) is 16.1 Å². The van der Waals surface area contributed by atoms with E-state index >= 15 is 0 Å². The van der Waals surface area contributed by atoms with E-state index in [2.05, 4.69) is 15.4 Å². The summed E-state index contributed by atoms with van der Waals surface area (Å²) in [5.74, 6) is 0.909. The van der Waals surface area contributed by atoms with Crippen molar-refractivity contribution in [3.05, 3.63) is 69.5 Å². The molecule has 0 bridgehead atoms. The maximum absolute atomic E-state index is 12.4. The molecule has 4 heterocycles. The van der Waals surface area contributed by atoms with Crippen LogP contribution < -0.4 is 20.3 Å². The molecule has 0 unspecified atom stereocenters. The van der Waals surface area contributed by atoms with Crippen LogP contribution in [0, 0.1) is 6.92 Å². The molecule has 10 heteroatoms. The Balaban J connectivity index is 1.29. The second kappa shape index (κ2) is 8.56. The average molecular weight is 467 g/mol. The van der Waals surface area contributed by atoms with Crippen LogP contribution >= 0.6 is 22.7 Å². The topological polar surface area (TPSA) is 95.3 Å². The van der Waals surface area contributed by atoms with Gasteiger partial charge in [0.2, 0.25) is 6.79 Å². The number of fused-ring (bicyclic) bond motifs is 1. The summed E-state index contributed by atoms with van der Waals surface area (Å²) in [5, 5.41) is 10.3. The molecule has 162 valence electrons. The highest BCUT2D eigenvalue weighted by Crippen LogP contribution is 2.36. The van der Waals surface area contributed by atoms with Gasteiger partial charge in [0.15, 0.2) is 11.5 Å². The normalized spacial score (nSPS) is 12.2. The summed E-state index contributed by atoms with van der Waals surface area (Å²) < 4.78 is 11.9. The number of ether oxygens (including phenoxy) is 2. The third-order valence-corrected chi connectivity index (χ3v) is 7.09. The highest BCUT2D eigenvalue weighted by molar-refractivity contribution is 7.23. The molecule has 0 fully saturated rings. The summed E-state index contributed by atoms with van der Waals surface area (Å²) in [4.78, 5) is 31.4. The summed E-state index contributed by atoms with van der Waals surface area (Å²) >= 11 is 3.18. The molecule has 32 heavy (non-hydrogen) atoms. The standard InChI is InChI=1S/C22H18N4O4S2/c1-13-20(32-22(24-13)18-3-2-10-31-18)15-5-7-19(27)26(25-15)9-8-23-21(28)14-4-6-16-17(11-14)30-12-29-16/h2-7,10-11H,8-9,12H2,1H3,(H,23,28). The van der Waals surface area contributed by atoms with Gasteiger partial charge < -0.3 is 14.8 Å². The van der Waals surface area contributed by atoms with Gasteiger partial charge in [-0.2, -0.15) is 5.10 Å². The number of hydrogen-bond donors (Lipinski definition) is 1. The molecule has 1 aromatic carbocycles. The van der Waals surface area contributed by atoms with Gasteiger partial charge in [0, 0.05) is 18.2 Å². The summed E-state index contributed by atoms with van der Waals surface area (Å²) in [6.45, 7) is 2.59. The Labute approximate surface area is 191 Å². The first-order valence-corrected chi connectivity index (χ1v) is 11.6. The van der Waals surface area contributed by atoms with Crippen molar-refractivity contribution in [1.29, 1.82) is 0 Å². The van der Waals surface area contributed by atoms with Gasteiger partial charge in [0.25, 0.3) is 11.5 Å². The molecule has 0 spiro atoms. The number of hydrogen-bond acceptors (Lipinski definition) is 8. The van der Waals surface area contributed by atoms with Gasteiger partial charge in [-0.25, -0.2) is 9.67 Å². The first-order valence-electron chi connectivity index (χ1n) is 9.86. The molecule has 1 aliphatic rings. The third kappa shape index (κ3) is 4.02. The summed E-state index contributed by atoms with van der Waals surface area (Å²) in [6.07, 6.45) is 0. The molecule has 1 amide bonds. The first kappa shape index (κ1) is 20.4. The third-order valence-electron chi connectivity index (χ3n) is 4.87. The second-order valence-corrected chi connectivity index (χ2v) is 8.96. The van der Waals surface area contributed by atoms with Gasteiger partial charge in [0.1, 0.15) is 10.7 Å². The fourth-order valence-corrected chi connectivity index (χ4v) is 5.11. The molecule has 4 aromatic rings. The van der Waals surface area contributed by atoms with Crippen LogP contribution in [-0.2, 0) is 6.54 Å². The minimum atomic E-state index is -0.258. The maximum atomic E-state index is 12.4. The average Bonchev–Trinajstić information content (AvgIpc) is 3.55. The lowest BCUT2D eigenvalue weighted by atomic mass is 10.2. The van der Waals surface area contributed by atoms with Gasteiger partial charge >= 0.3 is 0 Å². The number of rotatable bonds is 6. The Morgan fingerprint density at radius 3 is 2.91 bits per heavy atom. The molecule has 0 atom stereocenters. The Hall–Kier alpha value is -3.50. The Morgan fingerprint density at radius 2 is 2.06 bits per heavy atom. The maximum Gasteiger partial charge on any atom is 0.266 e. The van der Waals surface area contributed by atoms with Gasteiger partial charge in [-0.3, -0.25) is 9.59 Å². The summed E-state index contributed by atoms with van der Waals surface area (Å²) in [6, 6.07) is 12.2. The number of benzene rings is 1. The number of carbonyl (C=O) groups excluding carboxylic acids is 1. The van der Waals surface area contributed by atoms with E-state index in [0.717, 1.165) is 20.5 Å². The lowest BCUT2D eigenvalue weighted by Crippen LogP contribution is -2.31. The smallest absolute Gasteiger partial charge is 0.266 e. The van der Waals surface area contributed by atoms with Crippen LogP contribution in [0.3, 0.4) is 0 Å². The molecule has 0 radical (unpaired) electrons. The van der Waals surface area contributed by atoms with Crippen molar-refractivity contribution in [2.45, 2.75) is 13.5 Å². The van der Waals surface area contributed by atoms with Crippen molar-refractivity contribution < 1.29 is 14.3 Å². The SMILES string of the molecule is Cc1nc(-c2cccs2)sc1-c1ccc(=O)n(CCNC(=O)c2ccc3c(c2)OCO3)n1. The minimum absolute atomic E-state index is 0.152. The highest BCUT2D eigenvalue weighted by Gasteiger charge is 2.17. The lowest BCUT2D eigenvalue weighted by Gasteiger charge is -2.08. The number of thiazole rings is 1. The number of thiophene rings is 1. The van der Waals surface area contributed by atoms with E-state index in [-0.39, 0.29) is 31.3 Å². The van der Waals surface area contributed by atoms with Crippen molar-refractivity contribution in [2.75, 3.05) is 13.3 Å². The Bertz CT molecular complexity index is 1340. The highest BCUT2D eigenvalue weighted by atomic mass is 32.1. The zero-order chi connectivity index (χ0) is 22.1. The van der Waals surface area contributed by atoms with Gasteiger partial charge in [-0.15, -0.1) is 22.7 Å². The lowest BCUT2D eigenvalue weighted by molar-refractivity contribution is 0.0951. The molecule has 0 aliphatic carbocycles. The van der Waals surface area contributed by atoms with Crippen LogP contribution in [0.5, 0.6) is 11.5 Å². The fourth-order valence-electron chi connectivity index (χ4n) is 3.29. The zero-order valence-electron chi connectivity index (χ0n) is 17.0. The summed E-state index contributed by atoms with van der Waals surface area (Å²) in [5.41, 5.74) is 1.79. The zero-order valence-corrected chi connectivity index (χ0v) is 18.7. The van der Waals surface area contributed by atoms with Crippen LogP contribution in [0.25, 0.3) is 20.5 Å². The first-order chi connectivity index (χ1) is 15.6. The van der Waals surface area contributed by atoms with Gasteiger partial charge in [0.05, 0.1) is 22.0 Å². The van der Waals surface area contributed by atoms with Crippen molar-refractivity contribution in [3.63, 3.8) is 0 Å². The second-order valence-electron chi connectivity index (χ2n) is 7.01. The number of aryl methyl sites for hydroxylation is 1. The predicted octanol–water partition coefficient (Wildman–Crippen LogP) is 3.56. The number of aromatic nitrogens is 3. The van der Waals surface area contributed by atoms with E-state index in [9.17, 15) is 9.59 Å². The van der Waals surface area contributed by atoms with E-state index in [1.165, 1.54) is 10.7 Å². The Kier molecular flexibility index (Phi) is 5.46. The van der Waals surface area contributed by atoms with Gasteiger partial charge in [-0.1, -0.05) is 6.07 Å². The predicted molar refractivity (Wildman–Crippen MR) is 123 cm³/mol. The monoisotopic (exact) mass is 466 g/mol. The molecular formula is C22H18N4O4S2. The van der Waals surface area contributed by atoms with Gasteiger partial charge in [-0.05, 0) is 42.6 Å². The van der Waals surface area contributed by atoms with Crippen LogP contribution in [0.4, 0.5) is 0 Å². The molecule has 0 saturated carbocycles. The minimum Gasteiger partial charge on any atom is -0.454 e. The number of carbonyl (C=O) groups is 1. The fraction of sp³-hybridized carbons (Fsp3) is 0.182. The summed E-state index contributed by atoms with van der Waals surface area (Å²) in [7, 11) is 0. The molecule has 8 nitrogen and oxygen atoms in total. The Morgan fingerprint density at radius 1 is 1.19 bits per heavy atom. The molecular weight excluding hydrogens is 448 g/mol. The van der Waals surface area contributed by atoms with Crippen LogP contribution in [0.2, 0.25) is 0 Å². The van der Waals surface area contributed by atoms with Crippen molar-refractivity contribution >= 4 is 28.6 Å². The molecule has 0 saturated heterocycles. The van der Waals surface area contributed by atoms with E-state index in [1.54, 1.807) is 46.9 Å². The van der Waals surface area contributed by atoms with Crippen molar-refractivity contribution in [1.82, 2.24) is 20.1 Å². The van der Waals surface area contributed by atoms with Crippen LogP contribution in [-0.4, -0.2) is 34.0 Å². The van der Waals surface area contributed by atoms with E-state index in [4.69, 9.17) is 9.47 Å². The number of nitrogens with zero attached hydrogens (tertiary/aromatic N) is 3. The van der Waals surface area contributed by atoms with Crippen molar-refractivity contribution in [2.24, 2.45) is 0 Å². The van der Waals surface area contributed by atoms with E-state index in [0.29, 0.717) is 22.8 Å². The van der Waals surface area contributed by atoms with Crippen LogP contribution in [0.15, 0.2) is 52.6 Å². The number of amides is 1. The van der Waals surface area contributed by atoms with Crippen molar-refractivity contribution in [3.8, 4) is 32.0 Å². The largest absolute Gasteiger partial charge is 0.454 e.